The number of amides is 1. The molecule has 12 heteroatoms. The van der Waals surface area contributed by atoms with Crippen molar-refractivity contribution in [2.24, 2.45) is 0 Å². The molecule has 36 heavy (non-hydrogen) atoms. The fourth-order valence-electron chi connectivity index (χ4n) is 4.70. The van der Waals surface area contributed by atoms with E-state index in [0.29, 0.717) is 30.6 Å². The second kappa shape index (κ2) is 10.8. The van der Waals surface area contributed by atoms with E-state index < -0.39 is 21.7 Å². The van der Waals surface area contributed by atoms with Gasteiger partial charge in [0.2, 0.25) is 0 Å². The number of aromatic amines is 1. The average molecular weight is 518 g/mol. The van der Waals surface area contributed by atoms with Crippen LogP contribution in [-0.2, 0) is 23.2 Å². The van der Waals surface area contributed by atoms with Gasteiger partial charge in [0.1, 0.15) is 11.3 Å². The average Bonchev–Trinajstić information content (AvgIpc) is 3.31. The van der Waals surface area contributed by atoms with E-state index in [1.54, 1.807) is 0 Å². The highest BCUT2D eigenvalue weighted by Crippen LogP contribution is 2.31. The van der Waals surface area contributed by atoms with E-state index in [9.17, 15) is 22.8 Å². The van der Waals surface area contributed by atoms with Crippen LogP contribution in [0.3, 0.4) is 0 Å². The first kappa shape index (κ1) is 25.8. The molecule has 1 amide bonds. The van der Waals surface area contributed by atoms with Gasteiger partial charge in [-0.05, 0) is 49.9 Å². The van der Waals surface area contributed by atoms with Crippen LogP contribution < -0.4 is 16.6 Å². The number of H-pyrrole nitrogens is 1. The number of benzene rings is 1. The van der Waals surface area contributed by atoms with Crippen molar-refractivity contribution in [2.75, 3.05) is 6.54 Å². The number of carbonyl (C=O) groups excluding carboxylic acids is 1. The Bertz CT molecular complexity index is 1460. The molecular weight excluding hydrogens is 486 g/mol. The fourth-order valence-corrected chi connectivity index (χ4v) is 5.18. The van der Waals surface area contributed by atoms with E-state index in [-0.39, 0.29) is 35.0 Å². The second-order valence-electron chi connectivity index (χ2n) is 9.16. The van der Waals surface area contributed by atoms with Gasteiger partial charge in [-0.25, -0.2) is 9.78 Å². The molecule has 3 aromatic rings. The van der Waals surface area contributed by atoms with Crippen molar-refractivity contribution in [1.29, 1.82) is 0 Å². The maximum atomic E-state index is 13.2. The molecule has 194 valence electrons. The molecule has 11 nitrogen and oxygen atoms in total. The summed E-state index contributed by atoms with van der Waals surface area (Å²) < 4.78 is 34.1. The van der Waals surface area contributed by atoms with Gasteiger partial charge < -0.3 is 10.3 Å². The summed E-state index contributed by atoms with van der Waals surface area (Å²) >= 11 is 0. The molecule has 1 saturated carbocycles. The Morgan fingerprint density at radius 2 is 1.81 bits per heavy atom. The molecule has 0 aliphatic heterocycles. The van der Waals surface area contributed by atoms with Gasteiger partial charge in [-0.1, -0.05) is 26.2 Å². The number of carbonyl (C=O) groups is 1. The Kier molecular flexibility index (Phi) is 7.74. The van der Waals surface area contributed by atoms with Crippen molar-refractivity contribution in [1.82, 2.24) is 24.4 Å². The minimum Gasteiger partial charge on any atom is -0.352 e. The second-order valence-corrected chi connectivity index (χ2v) is 10.6. The Balaban J connectivity index is 1.51. The van der Waals surface area contributed by atoms with Gasteiger partial charge in [0, 0.05) is 31.1 Å². The minimum absolute atomic E-state index is 0.239. The topological polar surface area (TPSA) is 156 Å². The van der Waals surface area contributed by atoms with Gasteiger partial charge in [-0.2, -0.15) is 8.42 Å². The molecule has 0 unspecified atom stereocenters. The van der Waals surface area contributed by atoms with Gasteiger partial charge in [-0.15, -0.1) is 0 Å². The molecule has 3 N–H and O–H groups in total. The first-order chi connectivity index (χ1) is 17.2. The summed E-state index contributed by atoms with van der Waals surface area (Å²) in [6.45, 7) is 2.72. The molecule has 1 aliphatic carbocycles. The van der Waals surface area contributed by atoms with Crippen LogP contribution in [0.25, 0.3) is 11.2 Å². The maximum absolute atomic E-state index is 13.2. The zero-order valence-electron chi connectivity index (χ0n) is 20.2. The highest BCUT2D eigenvalue weighted by molar-refractivity contribution is 7.85. The van der Waals surface area contributed by atoms with Crippen molar-refractivity contribution in [3.8, 4) is 0 Å². The lowest BCUT2D eigenvalue weighted by Crippen LogP contribution is -2.40. The van der Waals surface area contributed by atoms with Gasteiger partial charge in [0.05, 0.1) is 4.90 Å². The smallest absolute Gasteiger partial charge is 0.332 e. The Morgan fingerprint density at radius 1 is 1.11 bits per heavy atom. The summed E-state index contributed by atoms with van der Waals surface area (Å²) in [6.07, 6.45) is 6.49. The molecule has 1 aromatic carbocycles. The lowest BCUT2D eigenvalue weighted by molar-refractivity contribution is 0.0952. The molecule has 0 bridgehead atoms. The van der Waals surface area contributed by atoms with Crippen LogP contribution >= 0.6 is 0 Å². The predicted molar refractivity (Wildman–Crippen MR) is 134 cm³/mol. The third-order valence-electron chi connectivity index (χ3n) is 6.58. The van der Waals surface area contributed by atoms with Gasteiger partial charge in [0.25, 0.3) is 21.6 Å². The van der Waals surface area contributed by atoms with Crippen LogP contribution in [0.4, 0.5) is 0 Å². The van der Waals surface area contributed by atoms with Crippen molar-refractivity contribution < 1.29 is 17.8 Å². The predicted octanol–water partition coefficient (Wildman–Crippen LogP) is 2.41. The summed E-state index contributed by atoms with van der Waals surface area (Å²) in [6, 6.07) is 4.92. The summed E-state index contributed by atoms with van der Waals surface area (Å²) in [5, 5.41) is 2.74. The van der Waals surface area contributed by atoms with Crippen LogP contribution in [0, 0.1) is 0 Å². The Labute approximate surface area is 208 Å². The maximum Gasteiger partial charge on any atom is 0.332 e. The van der Waals surface area contributed by atoms with E-state index in [4.69, 9.17) is 4.55 Å². The summed E-state index contributed by atoms with van der Waals surface area (Å²) in [4.78, 5) is 46.2. The van der Waals surface area contributed by atoms with E-state index in [1.807, 2.05) is 6.92 Å². The normalized spacial score (nSPS) is 14.8. The van der Waals surface area contributed by atoms with Crippen LogP contribution in [0.2, 0.25) is 0 Å². The van der Waals surface area contributed by atoms with Crippen molar-refractivity contribution in [2.45, 2.75) is 75.8 Å². The standard InChI is InChI=1S/C24H31N5O6S/c1-2-14-29-23(31)19-21(27-20(26-19)16-7-4-3-5-8-16)28(24(29)32)15-6-13-25-22(30)17-9-11-18(12-10-17)36(33,34)35/h9-12,16H,2-8,13-15H2,1H3,(H,25,30)(H,26,27)(H,33,34,35). The highest BCUT2D eigenvalue weighted by atomic mass is 32.2. The van der Waals surface area contributed by atoms with E-state index in [0.717, 1.165) is 43.6 Å². The number of rotatable bonds is 9. The van der Waals surface area contributed by atoms with Gasteiger partial charge in [0.15, 0.2) is 5.65 Å². The molecule has 1 aliphatic rings. The number of hydrogen-bond donors (Lipinski definition) is 3. The fraction of sp³-hybridized carbons (Fsp3) is 0.500. The molecule has 0 radical (unpaired) electrons. The van der Waals surface area contributed by atoms with Crippen LogP contribution in [0.5, 0.6) is 0 Å². The Hall–Kier alpha value is -3.25. The lowest BCUT2D eigenvalue weighted by atomic mass is 9.89. The van der Waals surface area contributed by atoms with Crippen molar-refractivity contribution in [3.05, 3.63) is 56.5 Å². The number of hydrogen-bond acceptors (Lipinski definition) is 6. The zero-order valence-corrected chi connectivity index (χ0v) is 21.0. The molecular formula is C24H31N5O6S. The van der Waals surface area contributed by atoms with Gasteiger partial charge >= 0.3 is 5.69 Å². The molecule has 0 spiro atoms. The first-order valence-corrected chi connectivity index (χ1v) is 13.7. The van der Waals surface area contributed by atoms with Crippen molar-refractivity contribution >= 4 is 27.2 Å². The Morgan fingerprint density at radius 3 is 2.44 bits per heavy atom. The quantitative estimate of drug-likeness (QED) is 0.291. The molecule has 0 saturated heterocycles. The van der Waals surface area contributed by atoms with Gasteiger partial charge in [-0.3, -0.25) is 23.3 Å². The number of fused-ring (bicyclic) bond motifs is 1. The SMILES string of the molecule is CCCn1c(=O)c2[nH]c(C3CCCCC3)nc2n(CCCNC(=O)c2ccc(S(=O)(=O)O)cc2)c1=O. The first-order valence-electron chi connectivity index (χ1n) is 12.3. The summed E-state index contributed by atoms with van der Waals surface area (Å²) in [7, 11) is -4.33. The monoisotopic (exact) mass is 517 g/mol. The highest BCUT2D eigenvalue weighted by Gasteiger charge is 2.23. The van der Waals surface area contributed by atoms with Crippen molar-refractivity contribution in [3.63, 3.8) is 0 Å². The number of aryl methyl sites for hydroxylation is 1. The number of aromatic nitrogens is 4. The van der Waals surface area contributed by atoms with Crippen LogP contribution in [0.15, 0.2) is 38.8 Å². The van der Waals surface area contributed by atoms with Crippen LogP contribution in [-0.4, -0.2) is 44.5 Å². The molecule has 1 fully saturated rings. The number of nitrogens with zero attached hydrogens (tertiary/aromatic N) is 3. The molecule has 2 aromatic heterocycles. The molecule has 0 atom stereocenters. The molecule has 4 rings (SSSR count). The van der Waals surface area contributed by atoms with E-state index in [2.05, 4.69) is 15.3 Å². The summed E-state index contributed by atoms with van der Waals surface area (Å²) in [5.74, 6) is 0.593. The lowest BCUT2D eigenvalue weighted by Gasteiger charge is -2.18. The molecule has 2 heterocycles. The zero-order chi connectivity index (χ0) is 25.9. The number of nitrogens with one attached hydrogen (secondary N) is 2. The van der Waals surface area contributed by atoms with E-state index in [1.165, 1.54) is 27.7 Å². The summed E-state index contributed by atoms with van der Waals surface area (Å²) in [5.41, 5.74) is 0.159. The minimum atomic E-state index is -4.33. The largest absolute Gasteiger partial charge is 0.352 e. The van der Waals surface area contributed by atoms with Crippen LogP contribution in [0.1, 0.15) is 74.0 Å². The van der Waals surface area contributed by atoms with E-state index >= 15 is 0 Å². The number of imidazole rings is 1. The third kappa shape index (κ3) is 5.44. The third-order valence-corrected chi connectivity index (χ3v) is 7.44.